The maximum atomic E-state index is 14.1. The molecule has 0 spiro atoms. The molecule has 13 heteroatoms. The fraction of sp³-hybridized carbons (Fsp3) is 0.577. The molecule has 3 heterocycles. The Labute approximate surface area is 226 Å². The number of nitrogens with zero attached hydrogens (tertiary/aromatic N) is 8. The van der Waals surface area contributed by atoms with E-state index in [1.54, 1.807) is 24.3 Å². The van der Waals surface area contributed by atoms with Gasteiger partial charge < -0.3 is 24.8 Å². The summed E-state index contributed by atoms with van der Waals surface area (Å²) in [4.78, 5) is 36.2. The first-order valence-corrected chi connectivity index (χ1v) is 13.3. The number of ether oxygens (including phenoxy) is 1. The van der Waals surface area contributed by atoms with Crippen molar-refractivity contribution in [2.45, 2.75) is 44.2 Å². The summed E-state index contributed by atoms with van der Waals surface area (Å²) in [6.45, 7) is 2.63. The van der Waals surface area contributed by atoms with Crippen LogP contribution in [0.4, 0.5) is 20.7 Å². The van der Waals surface area contributed by atoms with E-state index in [9.17, 15) is 13.6 Å². The molecule has 1 saturated heterocycles. The number of nitrogens with one attached hydrogen (secondary N) is 1. The summed E-state index contributed by atoms with van der Waals surface area (Å²) in [6.07, 6.45) is 0.551. The van der Waals surface area contributed by atoms with Crippen LogP contribution in [-0.2, 0) is 9.53 Å². The summed E-state index contributed by atoms with van der Waals surface area (Å²) in [5, 5.41) is 3.43. The number of rotatable bonds is 8. The molecule has 0 unspecified atom stereocenters. The van der Waals surface area contributed by atoms with E-state index in [0.29, 0.717) is 55.8 Å². The average molecular weight is 544 g/mol. The summed E-state index contributed by atoms with van der Waals surface area (Å²) in [5.74, 6) is 0.537. The zero-order chi connectivity index (χ0) is 27.5. The van der Waals surface area contributed by atoms with Crippen molar-refractivity contribution in [3.05, 3.63) is 30.1 Å². The number of amides is 1. The first-order valence-electron chi connectivity index (χ1n) is 13.3. The number of fused-ring (bicyclic) bond motifs is 1. The molecular weight excluding hydrogens is 508 g/mol. The second-order valence-electron chi connectivity index (χ2n) is 10.3. The lowest BCUT2D eigenvalue weighted by Gasteiger charge is -2.35. The molecule has 0 bridgehead atoms. The van der Waals surface area contributed by atoms with Gasteiger partial charge in [-0.25, -0.2) is 13.8 Å². The Kier molecular flexibility index (Phi) is 8.17. The van der Waals surface area contributed by atoms with Crippen LogP contribution in [-0.4, -0.2) is 106 Å². The lowest BCUT2D eigenvalue weighted by molar-refractivity contribution is -0.133. The second-order valence-corrected chi connectivity index (χ2v) is 10.3. The van der Waals surface area contributed by atoms with Gasteiger partial charge in [-0.15, -0.1) is 0 Å². The minimum absolute atomic E-state index is 0.0838. The van der Waals surface area contributed by atoms with Crippen molar-refractivity contribution in [3.8, 4) is 5.95 Å². The van der Waals surface area contributed by atoms with Gasteiger partial charge in [-0.05, 0) is 51.9 Å². The quantitative estimate of drug-likeness (QED) is 0.459. The predicted octanol–water partition coefficient (Wildman–Crippen LogP) is 2.73. The van der Waals surface area contributed by atoms with Crippen molar-refractivity contribution in [1.82, 2.24) is 34.3 Å². The number of morpholine rings is 1. The van der Waals surface area contributed by atoms with Gasteiger partial charge in [-0.3, -0.25) is 9.36 Å². The minimum atomic E-state index is -2.81. The third kappa shape index (κ3) is 6.09. The van der Waals surface area contributed by atoms with Crippen LogP contribution in [0.15, 0.2) is 24.3 Å². The highest BCUT2D eigenvalue weighted by Crippen LogP contribution is 2.29. The van der Waals surface area contributed by atoms with Crippen LogP contribution >= 0.6 is 0 Å². The van der Waals surface area contributed by atoms with Crippen molar-refractivity contribution < 1.29 is 18.3 Å². The highest BCUT2D eigenvalue weighted by Gasteiger charge is 2.28. The second kappa shape index (κ2) is 11.7. The van der Waals surface area contributed by atoms with E-state index in [0.717, 1.165) is 25.7 Å². The van der Waals surface area contributed by atoms with Crippen LogP contribution in [0, 0.1) is 0 Å². The zero-order valence-corrected chi connectivity index (χ0v) is 22.6. The number of carbonyl (C=O) groups excluding carboxylic acids is 1. The lowest BCUT2D eigenvalue weighted by Crippen LogP contribution is -2.44. The van der Waals surface area contributed by atoms with Crippen molar-refractivity contribution >= 4 is 28.8 Å². The van der Waals surface area contributed by atoms with E-state index in [-0.39, 0.29) is 23.9 Å². The zero-order valence-electron chi connectivity index (χ0n) is 22.6. The topological polar surface area (TPSA) is 105 Å². The first kappa shape index (κ1) is 27.1. The number of halogens is 2. The third-order valence-corrected chi connectivity index (χ3v) is 7.31. The summed E-state index contributed by atoms with van der Waals surface area (Å²) in [5.41, 5.74) is 0.950. The van der Waals surface area contributed by atoms with Crippen LogP contribution in [0.25, 0.3) is 17.0 Å². The van der Waals surface area contributed by atoms with E-state index in [2.05, 4.69) is 25.3 Å². The Morgan fingerprint density at radius 3 is 2.41 bits per heavy atom. The predicted molar refractivity (Wildman–Crippen MR) is 143 cm³/mol. The summed E-state index contributed by atoms with van der Waals surface area (Å²) < 4.78 is 35.0. The Balaban J connectivity index is 1.41. The van der Waals surface area contributed by atoms with Crippen LogP contribution < -0.4 is 10.2 Å². The summed E-state index contributed by atoms with van der Waals surface area (Å²) in [6, 6.07) is 7.22. The van der Waals surface area contributed by atoms with Crippen molar-refractivity contribution in [2.75, 3.05) is 64.2 Å². The third-order valence-electron chi connectivity index (χ3n) is 7.31. The SMILES string of the molecule is CN(C)CC(=O)N(C)C1CCC(Nc2nc(N3CCOCC3)nc(-n3c(C(F)F)nc4ccccc43)n2)CC1. The number of likely N-dealkylation sites (N-methyl/N-ethyl adjacent to an activating group) is 2. The Morgan fingerprint density at radius 2 is 1.72 bits per heavy atom. The molecule has 11 nitrogen and oxygen atoms in total. The van der Waals surface area contributed by atoms with Gasteiger partial charge in [0.15, 0.2) is 5.82 Å². The molecule has 0 atom stereocenters. The van der Waals surface area contributed by atoms with Crippen molar-refractivity contribution in [2.24, 2.45) is 0 Å². The smallest absolute Gasteiger partial charge is 0.296 e. The van der Waals surface area contributed by atoms with Crippen LogP contribution in [0.1, 0.15) is 37.9 Å². The van der Waals surface area contributed by atoms with Crippen molar-refractivity contribution in [1.29, 1.82) is 0 Å². The van der Waals surface area contributed by atoms with E-state index < -0.39 is 12.2 Å². The molecule has 2 aliphatic rings. The van der Waals surface area contributed by atoms with Gasteiger partial charge in [-0.2, -0.15) is 15.0 Å². The first-order chi connectivity index (χ1) is 18.8. The van der Waals surface area contributed by atoms with Gasteiger partial charge in [0, 0.05) is 32.2 Å². The normalized spacial score (nSPS) is 20.1. The average Bonchev–Trinajstić information content (AvgIpc) is 3.33. The molecule has 1 saturated carbocycles. The van der Waals surface area contributed by atoms with Gasteiger partial charge in [0.1, 0.15) is 0 Å². The summed E-state index contributed by atoms with van der Waals surface area (Å²) >= 11 is 0. The molecule has 3 aromatic rings. The number of carbonyl (C=O) groups is 1. The van der Waals surface area contributed by atoms with Gasteiger partial charge in [0.25, 0.3) is 6.43 Å². The Bertz CT molecular complexity index is 1290. The largest absolute Gasteiger partial charge is 0.378 e. The molecule has 0 radical (unpaired) electrons. The highest BCUT2D eigenvalue weighted by atomic mass is 19.3. The van der Waals surface area contributed by atoms with Gasteiger partial charge >= 0.3 is 0 Å². The number of aromatic nitrogens is 5. The lowest BCUT2D eigenvalue weighted by atomic mass is 9.90. The number of benzene rings is 1. The summed E-state index contributed by atoms with van der Waals surface area (Å²) in [7, 11) is 5.64. The molecule has 1 N–H and O–H groups in total. The maximum Gasteiger partial charge on any atom is 0.296 e. The number of alkyl halides is 2. The van der Waals surface area contributed by atoms with Gasteiger partial charge in [0.2, 0.25) is 23.8 Å². The highest BCUT2D eigenvalue weighted by molar-refractivity contribution is 5.78. The van der Waals surface area contributed by atoms with Crippen LogP contribution in [0.5, 0.6) is 0 Å². The molecule has 210 valence electrons. The minimum Gasteiger partial charge on any atom is -0.378 e. The van der Waals surface area contributed by atoms with E-state index in [4.69, 9.17) is 4.74 Å². The number of anilines is 2. The van der Waals surface area contributed by atoms with Crippen LogP contribution in [0.2, 0.25) is 0 Å². The molecule has 39 heavy (non-hydrogen) atoms. The molecule has 1 aromatic carbocycles. The number of imidazole rings is 1. The van der Waals surface area contributed by atoms with Crippen molar-refractivity contribution in [3.63, 3.8) is 0 Å². The molecule has 5 rings (SSSR count). The number of hydrogen-bond acceptors (Lipinski definition) is 9. The van der Waals surface area contributed by atoms with Gasteiger partial charge in [-0.1, -0.05) is 12.1 Å². The molecule has 1 aliphatic heterocycles. The number of hydrogen-bond donors (Lipinski definition) is 1. The van der Waals surface area contributed by atoms with Crippen LogP contribution in [0.3, 0.4) is 0 Å². The van der Waals surface area contributed by atoms with E-state index in [1.807, 2.05) is 35.8 Å². The fourth-order valence-electron chi connectivity index (χ4n) is 5.20. The monoisotopic (exact) mass is 543 g/mol. The molecule has 2 aromatic heterocycles. The number of para-hydroxylation sites is 2. The standard InChI is InChI=1S/C26H35F2N9O2/c1-34(2)16-21(38)35(3)18-10-8-17(9-11-18)29-24-31-25(36-12-14-39-15-13-36)33-26(32-24)37-20-7-5-4-6-19(20)30-23(37)22(27)28/h4-7,17-18,22H,8-16H2,1-3H3,(H,29,31,32,33). The Morgan fingerprint density at radius 1 is 1.03 bits per heavy atom. The maximum absolute atomic E-state index is 14.1. The van der Waals surface area contributed by atoms with Gasteiger partial charge in [0.05, 0.1) is 30.8 Å². The Hall–Kier alpha value is -3.45. The molecule has 1 amide bonds. The molecular formula is C26H35F2N9O2. The van der Waals surface area contributed by atoms with E-state index >= 15 is 0 Å². The van der Waals surface area contributed by atoms with E-state index in [1.165, 1.54) is 4.57 Å². The molecule has 2 fully saturated rings. The molecule has 1 aliphatic carbocycles. The fourth-order valence-corrected chi connectivity index (χ4v) is 5.20.